The van der Waals surface area contributed by atoms with Crippen LogP contribution in [0.4, 0.5) is 0 Å². The zero-order valence-electron chi connectivity index (χ0n) is 16.9. The van der Waals surface area contributed by atoms with Gasteiger partial charge in [-0.15, -0.1) is 10.2 Å². The number of benzene rings is 2. The van der Waals surface area contributed by atoms with E-state index in [2.05, 4.69) is 20.2 Å². The second-order valence-corrected chi connectivity index (χ2v) is 7.77. The van der Waals surface area contributed by atoms with Gasteiger partial charge < -0.3 is 19.2 Å². The number of imidazole rings is 1. The molecule has 0 aliphatic rings. The van der Waals surface area contributed by atoms with Crippen molar-refractivity contribution in [2.24, 2.45) is 0 Å². The number of aliphatic hydroxyl groups excluding tert-OH is 1. The standard InChI is InChI=1S/C22H19N5O3S/c1-13-7-8-14(2)19(9-13)29-11-20-26-27-22(30-20)31-12-18(28)15(10-23)21-24-16-5-3-4-6-17(16)25-21/h3-9,28H,11-12H2,1-2H3,(H,24,25). The van der Waals surface area contributed by atoms with Crippen LogP contribution in [-0.4, -0.2) is 31.0 Å². The topological polar surface area (TPSA) is 121 Å². The van der Waals surface area contributed by atoms with Gasteiger partial charge in [0.15, 0.2) is 12.4 Å². The summed E-state index contributed by atoms with van der Waals surface area (Å²) in [4.78, 5) is 7.40. The Morgan fingerprint density at radius 2 is 2.06 bits per heavy atom. The molecule has 31 heavy (non-hydrogen) atoms. The van der Waals surface area contributed by atoms with Crippen molar-refractivity contribution in [1.82, 2.24) is 20.2 Å². The largest absolute Gasteiger partial charge is 0.510 e. The van der Waals surface area contributed by atoms with Crippen molar-refractivity contribution in [3.63, 3.8) is 0 Å². The molecule has 2 aromatic heterocycles. The fourth-order valence-corrected chi connectivity index (χ4v) is 3.54. The number of para-hydroxylation sites is 2. The monoisotopic (exact) mass is 433 g/mol. The van der Waals surface area contributed by atoms with Gasteiger partial charge in [0.05, 0.1) is 16.8 Å². The molecule has 0 unspecified atom stereocenters. The SMILES string of the molecule is Cc1ccc(C)c(OCc2nnc(SCC(O)=C(C#N)c3nc4ccccc4[nH]3)o2)c1. The molecule has 0 atom stereocenters. The molecule has 156 valence electrons. The molecule has 0 fully saturated rings. The smallest absolute Gasteiger partial charge is 0.277 e. The van der Waals surface area contributed by atoms with Gasteiger partial charge in [0.25, 0.3) is 11.1 Å². The Balaban J connectivity index is 1.41. The number of ether oxygens (including phenoxy) is 1. The van der Waals surface area contributed by atoms with E-state index in [4.69, 9.17) is 9.15 Å². The molecule has 4 aromatic rings. The number of aromatic nitrogens is 4. The lowest BCUT2D eigenvalue weighted by atomic mass is 10.1. The van der Waals surface area contributed by atoms with Gasteiger partial charge in [-0.2, -0.15) is 5.26 Å². The first kappa shape index (κ1) is 20.5. The summed E-state index contributed by atoms with van der Waals surface area (Å²) in [5.41, 5.74) is 3.70. The molecular weight excluding hydrogens is 414 g/mol. The molecular formula is C22H19N5O3S. The number of aromatic amines is 1. The Labute approximate surface area is 182 Å². The quantitative estimate of drug-likeness (QED) is 0.244. The highest BCUT2D eigenvalue weighted by Gasteiger charge is 2.15. The van der Waals surface area contributed by atoms with Crippen LogP contribution >= 0.6 is 11.8 Å². The summed E-state index contributed by atoms with van der Waals surface area (Å²) in [5, 5.41) is 28.1. The number of allylic oxidation sites excluding steroid dienone is 1. The molecule has 0 aliphatic heterocycles. The lowest BCUT2D eigenvalue weighted by Crippen LogP contribution is -1.97. The number of rotatable bonds is 7. The van der Waals surface area contributed by atoms with Crippen LogP contribution in [0.1, 0.15) is 22.8 Å². The van der Waals surface area contributed by atoms with Gasteiger partial charge in [-0.05, 0) is 43.2 Å². The molecule has 0 saturated heterocycles. The van der Waals surface area contributed by atoms with Crippen LogP contribution in [0.2, 0.25) is 0 Å². The van der Waals surface area contributed by atoms with Crippen LogP contribution < -0.4 is 4.74 Å². The van der Waals surface area contributed by atoms with Gasteiger partial charge in [0.1, 0.15) is 23.2 Å². The summed E-state index contributed by atoms with van der Waals surface area (Å²) in [7, 11) is 0. The average Bonchev–Trinajstić information content (AvgIpc) is 3.40. The maximum absolute atomic E-state index is 10.4. The number of nitriles is 1. The summed E-state index contributed by atoms with van der Waals surface area (Å²) >= 11 is 1.13. The van der Waals surface area contributed by atoms with Crippen molar-refractivity contribution in [3.05, 3.63) is 71.1 Å². The minimum absolute atomic E-state index is 0.0710. The van der Waals surface area contributed by atoms with Gasteiger partial charge in [-0.25, -0.2) is 4.98 Å². The molecule has 8 nitrogen and oxygen atoms in total. The predicted octanol–water partition coefficient (Wildman–Crippen LogP) is 4.73. The highest BCUT2D eigenvalue weighted by atomic mass is 32.2. The number of hydrogen-bond donors (Lipinski definition) is 2. The number of H-pyrrole nitrogens is 1. The summed E-state index contributed by atoms with van der Waals surface area (Å²) in [6.07, 6.45) is 0. The van der Waals surface area contributed by atoms with Crippen molar-refractivity contribution in [2.75, 3.05) is 5.75 Å². The number of thioether (sulfide) groups is 1. The zero-order chi connectivity index (χ0) is 21.8. The lowest BCUT2D eigenvalue weighted by molar-refractivity contribution is 0.250. The molecule has 2 aromatic carbocycles. The summed E-state index contributed by atoms with van der Waals surface area (Å²) in [6.45, 7) is 4.10. The Bertz CT molecular complexity index is 1270. The molecule has 9 heteroatoms. The van der Waals surface area contributed by atoms with Crippen LogP contribution in [0.25, 0.3) is 16.6 Å². The van der Waals surface area contributed by atoms with Gasteiger partial charge >= 0.3 is 0 Å². The molecule has 0 saturated carbocycles. The lowest BCUT2D eigenvalue weighted by Gasteiger charge is -2.07. The van der Waals surface area contributed by atoms with Gasteiger partial charge in [-0.1, -0.05) is 36.0 Å². The molecule has 2 N–H and O–H groups in total. The normalized spacial score (nSPS) is 11.9. The van der Waals surface area contributed by atoms with E-state index in [-0.39, 0.29) is 28.9 Å². The van der Waals surface area contributed by atoms with E-state index >= 15 is 0 Å². The summed E-state index contributed by atoms with van der Waals surface area (Å²) in [6, 6.07) is 15.4. The highest BCUT2D eigenvalue weighted by molar-refractivity contribution is 7.99. The van der Waals surface area contributed by atoms with E-state index in [1.807, 2.05) is 62.4 Å². The molecule has 4 rings (SSSR count). The predicted molar refractivity (Wildman–Crippen MR) is 117 cm³/mol. The van der Waals surface area contributed by atoms with Crippen LogP contribution in [0, 0.1) is 25.2 Å². The zero-order valence-corrected chi connectivity index (χ0v) is 17.7. The summed E-state index contributed by atoms with van der Waals surface area (Å²) < 4.78 is 11.3. The van der Waals surface area contributed by atoms with Crippen molar-refractivity contribution in [2.45, 2.75) is 25.7 Å². The molecule has 0 radical (unpaired) electrons. The average molecular weight is 433 g/mol. The number of aliphatic hydroxyl groups is 1. The number of fused-ring (bicyclic) bond motifs is 1. The van der Waals surface area contributed by atoms with E-state index in [0.717, 1.165) is 39.7 Å². The van der Waals surface area contributed by atoms with Crippen molar-refractivity contribution >= 4 is 28.4 Å². The van der Waals surface area contributed by atoms with Crippen molar-refractivity contribution in [1.29, 1.82) is 5.26 Å². The number of nitrogens with zero attached hydrogens (tertiary/aromatic N) is 4. The maximum atomic E-state index is 10.4. The third-order valence-electron chi connectivity index (χ3n) is 4.50. The van der Waals surface area contributed by atoms with Crippen LogP contribution in [-0.2, 0) is 6.61 Å². The van der Waals surface area contributed by atoms with Crippen LogP contribution in [0.5, 0.6) is 5.75 Å². The van der Waals surface area contributed by atoms with Gasteiger partial charge in [-0.3, -0.25) is 0 Å². The molecule has 0 spiro atoms. The number of hydrogen-bond acceptors (Lipinski definition) is 8. The number of aryl methyl sites for hydroxylation is 2. The maximum Gasteiger partial charge on any atom is 0.277 e. The first-order valence-corrected chi connectivity index (χ1v) is 10.4. The third-order valence-corrected chi connectivity index (χ3v) is 5.33. The second kappa shape index (κ2) is 8.93. The minimum Gasteiger partial charge on any atom is -0.510 e. The fourth-order valence-electron chi connectivity index (χ4n) is 2.88. The Kier molecular flexibility index (Phi) is 5.91. The summed E-state index contributed by atoms with van der Waals surface area (Å²) in [5.74, 6) is 1.36. The molecule has 2 heterocycles. The molecule has 0 bridgehead atoms. The van der Waals surface area contributed by atoms with E-state index in [1.165, 1.54) is 0 Å². The Morgan fingerprint density at radius 3 is 2.87 bits per heavy atom. The first-order valence-electron chi connectivity index (χ1n) is 9.46. The fraction of sp³-hybridized carbons (Fsp3) is 0.182. The minimum atomic E-state index is -0.127. The van der Waals surface area contributed by atoms with Crippen LogP contribution in [0.15, 0.2) is 57.9 Å². The second-order valence-electron chi connectivity index (χ2n) is 6.84. The molecule has 0 amide bonds. The van der Waals surface area contributed by atoms with Crippen molar-refractivity contribution < 1.29 is 14.3 Å². The van der Waals surface area contributed by atoms with E-state index in [9.17, 15) is 10.4 Å². The Morgan fingerprint density at radius 1 is 1.23 bits per heavy atom. The van der Waals surface area contributed by atoms with Crippen molar-refractivity contribution in [3.8, 4) is 11.8 Å². The van der Waals surface area contributed by atoms with E-state index < -0.39 is 0 Å². The van der Waals surface area contributed by atoms with Gasteiger partial charge in [0.2, 0.25) is 0 Å². The van der Waals surface area contributed by atoms with Gasteiger partial charge in [0, 0.05) is 0 Å². The number of nitrogens with one attached hydrogen (secondary N) is 1. The van der Waals surface area contributed by atoms with Crippen LogP contribution in [0.3, 0.4) is 0 Å². The first-order chi connectivity index (χ1) is 15.0. The van der Waals surface area contributed by atoms with E-state index in [0.29, 0.717) is 11.7 Å². The van der Waals surface area contributed by atoms with E-state index in [1.54, 1.807) is 0 Å². The molecule has 0 aliphatic carbocycles. The highest BCUT2D eigenvalue weighted by Crippen LogP contribution is 2.25. The Hall–Kier alpha value is -3.77. The third kappa shape index (κ3) is 4.70.